The third kappa shape index (κ3) is 4.15. The monoisotopic (exact) mass is 399 g/mol. The van der Waals surface area contributed by atoms with Crippen LogP contribution in [0.1, 0.15) is 18.4 Å². The molecule has 1 aliphatic carbocycles. The van der Waals surface area contributed by atoms with Crippen molar-refractivity contribution in [3.05, 3.63) is 65.7 Å². The van der Waals surface area contributed by atoms with Crippen LogP contribution >= 0.6 is 0 Å². The fraction of sp³-hybridized carbons (Fsp3) is 0.364. The molecule has 1 aliphatic heterocycles. The van der Waals surface area contributed by atoms with E-state index in [1.54, 1.807) is 4.90 Å². The molecule has 1 N–H and O–H groups in total. The molecule has 1 saturated carbocycles. The van der Waals surface area contributed by atoms with Crippen LogP contribution in [0.4, 0.5) is 14.5 Å². The first kappa shape index (κ1) is 19.5. The van der Waals surface area contributed by atoms with Crippen LogP contribution in [0, 0.1) is 17.0 Å². The van der Waals surface area contributed by atoms with Gasteiger partial charge in [-0.05, 0) is 30.5 Å². The lowest BCUT2D eigenvalue weighted by atomic mass is 10.0. The van der Waals surface area contributed by atoms with Crippen molar-refractivity contribution in [1.29, 1.82) is 0 Å². The van der Waals surface area contributed by atoms with E-state index in [1.165, 1.54) is 11.6 Å². The number of rotatable bonds is 5. The van der Waals surface area contributed by atoms with Gasteiger partial charge in [0.1, 0.15) is 5.41 Å². The summed E-state index contributed by atoms with van der Waals surface area (Å²) in [7, 11) is 0. The lowest BCUT2D eigenvalue weighted by Gasteiger charge is -2.36. The molecule has 1 heterocycles. The predicted octanol–water partition coefficient (Wildman–Crippen LogP) is 3.03. The smallest absolute Gasteiger partial charge is 0.240 e. The van der Waals surface area contributed by atoms with Crippen LogP contribution in [0.5, 0.6) is 0 Å². The number of piperazine rings is 1. The molecule has 0 unspecified atom stereocenters. The number of benzene rings is 2. The number of carbonyl (C=O) groups is 2. The summed E-state index contributed by atoms with van der Waals surface area (Å²) in [5.41, 5.74) is 0.310. The highest BCUT2D eigenvalue weighted by atomic mass is 19.2. The number of amides is 2. The summed E-state index contributed by atoms with van der Waals surface area (Å²) >= 11 is 0. The van der Waals surface area contributed by atoms with E-state index in [2.05, 4.69) is 22.3 Å². The van der Waals surface area contributed by atoms with Gasteiger partial charge in [-0.15, -0.1) is 0 Å². The fourth-order valence-electron chi connectivity index (χ4n) is 3.74. The second-order valence-corrected chi connectivity index (χ2v) is 7.72. The van der Waals surface area contributed by atoms with Crippen LogP contribution in [0.25, 0.3) is 0 Å². The molecule has 7 heteroatoms. The molecule has 29 heavy (non-hydrogen) atoms. The van der Waals surface area contributed by atoms with Crippen LogP contribution in [0.2, 0.25) is 0 Å². The quantitative estimate of drug-likeness (QED) is 0.787. The largest absolute Gasteiger partial charge is 0.339 e. The van der Waals surface area contributed by atoms with E-state index in [1.807, 2.05) is 18.2 Å². The van der Waals surface area contributed by atoms with Crippen molar-refractivity contribution in [3.63, 3.8) is 0 Å². The number of nitrogens with zero attached hydrogens (tertiary/aromatic N) is 2. The van der Waals surface area contributed by atoms with E-state index in [0.29, 0.717) is 25.9 Å². The Hall–Kier alpha value is -2.80. The van der Waals surface area contributed by atoms with Crippen LogP contribution in [0.15, 0.2) is 48.5 Å². The molecular weight excluding hydrogens is 376 g/mol. The summed E-state index contributed by atoms with van der Waals surface area (Å²) in [4.78, 5) is 29.8. The number of hydrogen-bond donors (Lipinski definition) is 1. The number of carbonyl (C=O) groups excluding carboxylic acids is 2. The molecule has 2 aliphatic rings. The van der Waals surface area contributed by atoms with Crippen LogP contribution in [-0.2, 0) is 16.1 Å². The molecule has 2 aromatic rings. The lowest BCUT2D eigenvalue weighted by Crippen LogP contribution is -2.52. The molecule has 4 rings (SSSR count). The Kier molecular flexibility index (Phi) is 5.32. The van der Waals surface area contributed by atoms with E-state index in [4.69, 9.17) is 0 Å². The Balaban J connectivity index is 1.34. The topological polar surface area (TPSA) is 52.7 Å². The zero-order valence-corrected chi connectivity index (χ0v) is 16.0. The van der Waals surface area contributed by atoms with E-state index in [-0.39, 0.29) is 11.6 Å². The summed E-state index contributed by atoms with van der Waals surface area (Å²) in [6, 6.07) is 13.3. The molecule has 0 spiro atoms. The van der Waals surface area contributed by atoms with Crippen molar-refractivity contribution in [2.45, 2.75) is 19.4 Å². The van der Waals surface area contributed by atoms with Crippen molar-refractivity contribution in [1.82, 2.24) is 9.80 Å². The van der Waals surface area contributed by atoms with Gasteiger partial charge in [-0.1, -0.05) is 30.3 Å². The first-order valence-corrected chi connectivity index (χ1v) is 9.80. The average Bonchev–Trinajstić information content (AvgIpc) is 3.54. The molecule has 152 valence electrons. The second-order valence-electron chi connectivity index (χ2n) is 7.72. The molecule has 2 aromatic carbocycles. The molecule has 0 atom stereocenters. The Bertz CT molecular complexity index is 908. The minimum absolute atomic E-state index is 0.153. The van der Waals surface area contributed by atoms with Crippen molar-refractivity contribution in [2.24, 2.45) is 5.41 Å². The van der Waals surface area contributed by atoms with Gasteiger partial charge in [-0.2, -0.15) is 0 Å². The maximum Gasteiger partial charge on any atom is 0.240 e. The zero-order chi connectivity index (χ0) is 20.4. The third-order valence-electron chi connectivity index (χ3n) is 5.68. The van der Waals surface area contributed by atoms with Gasteiger partial charge in [0.25, 0.3) is 0 Å². The molecule has 5 nitrogen and oxygen atoms in total. The Morgan fingerprint density at radius 3 is 2.24 bits per heavy atom. The minimum Gasteiger partial charge on any atom is -0.339 e. The highest BCUT2D eigenvalue weighted by Gasteiger charge is 2.58. The number of hydrogen-bond acceptors (Lipinski definition) is 3. The Morgan fingerprint density at radius 2 is 1.62 bits per heavy atom. The molecule has 0 bridgehead atoms. The normalized spacial score (nSPS) is 18.3. The summed E-state index contributed by atoms with van der Waals surface area (Å²) in [5, 5.41) is 2.57. The molecule has 2 amide bonds. The third-order valence-corrected chi connectivity index (χ3v) is 5.68. The van der Waals surface area contributed by atoms with Gasteiger partial charge >= 0.3 is 0 Å². The summed E-state index contributed by atoms with van der Waals surface area (Å²) in [6.45, 7) is 3.49. The molecule has 1 saturated heterocycles. The SMILES string of the molecule is O=C(Nc1ccc(F)c(F)c1)C1(C(=O)N2CCN(Cc3ccccc3)CC2)CC1. The molecular formula is C22H23F2N3O2. The highest BCUT2D eigenvalue weighted by Crippen LogP contribution is 2.48. The fourth-order valence-corrected chi connectivity index (χ4v) is 3.74. The van der Waals surface area contributed by atoms with Gasteiger partial charge in [0.2, 0.25) is 11.8 Å². The molecule has 0 radical (unpaired) electrons. The lowest BCUT2D eigenvalue weighted by molar-refractivity contribution is -0.143. The Morgan fingerprint density at radius 1 is 0.931 bits per heavy atom. The van der Waals surface area contributed by atoms with E-state index in [9.17, 15) is 18.4 Å². The second kappa shape index (κ2) is 7.91. The maximum atomic E-state index is 13.4. The molecule has 2 fully saturated rings. The van der Waals surface area contributed by atoms with Crippen molar-refractivity contribution in [3.8, 4) is 0 Å². The van der Waals surface area contributed by atoms with E-state index >= 15 is 0 Å². The first-order chi connectivity index (χ1) is 14.0. The number of nitrogens with one attached hydrogen (secondary N) is 1. The van der Waals surface area contributed by atoms with E-state index in [0.717, 1.165) is 31.8 Å². The van der Waals surface area contributed by atoms with Gasteiger partial charge in [0, 0.05) is 44.5 Å². The van der Waals surface area contributed by atoms with Crippen molar-refractivity contribution < 1.29 is 18.4 Å². The van der Waals surface area contributed by atoms with Gasteiger partial charge in [-0.25, -0.2) is 8.78 Å². The van der Waals surface area contributed by atoms with Crippen molar-refractivity contribution in [2.75, 3.05) is 31.5 Å². The zero-order valence-electron chi connectivity index (χ0n) is 16.0. The summed E-state index contributed by atoms with van der Waals surface area (Å²) < 4.78 is 26.4. The number of halogens is 2. The Labute approximate surface area is 168 Å². The van der Waals surface area contributed by atoms with Crippen LogP contribution < -0.4 is 5.32 Å². The minimum atomic E-state index is -1.08. The average molecular weight is 399 g/mol. The number of anilines is 1. The predicted molar refractivity (Wildman–Crippen MR) is 105 cm³/mol. The standard InChI is InChI=1S/C22H23F2N3O2/c23-18-7-6-17(14-19(18)24)25-20(28)22(8-9-22)21(29)27-12-10-26(11-13-27)15-16-4-2-1-3-5-16/h1-7,14H,8-13,15H2,(H,25,28). The molecule has 0 aromatic heterocycles. The van der Waals surface area contributed by atoms with E-state index < -0.39 is 23.0 Å². The summed E-state index contributed by atoms with van der Waals surface area (Å²) in [6.07, 6.45) is 0.956. The highest BCUT2D eigenvalue weighted by molar-refractivity contribution is 6.13. The summed E-state index contributed by atoms with van der Waals surface area (Å²) in [5.74, 6) is -2.63. The van der Waals surface area contributed by atoms with Gasteiger partial charge in [-0.3, -0.25) is 14.5 Å². The first-order valence-electron chi connectivity index (χ1n) is 9.80. The van der Waals surface area contributed by atoms with Crippen molar-refractivity contribution >= 4 is 17.5 Å². The van der Waals surface area contributed by atoms with Crippen LogP contribution in [-0.4, -0.2) is 47.8 Å². The van der Waals surface area contributed by atoms with Gasteiger partial charge < -0.3 is 10.2 Å². The van der Waals surface area contributed by atoms with Crippen LogP contribution in [0.3, 0.4) is 0 Å². The van der Waals surface area contributed by atoms with Gasteiger partial charge in [0.05, 0.1) is 0 Å². The maximum absolute atomic E-state index is 13.4. The van der Waals surface area contributed by atoms with Gasteiger partial charge in [0.15, 0.2) is 11.6 Å².